The van der Waals surface area contributed by atoms with Crippen LogP contribution >= 0.6 is 0 Å². The molecule has 4 atom stereocenters. The molecular weight excluding hydrogens is 336 g/mol. The molecule has 1 saturated heterocycles. The van der Waals surface area contributed by atoms with Crippen LogP contribution in [0.3, 0.4) is 0 Å². The quantitative estimate of drug-likeness (QED) is 0.879. The number of phenolic OH excluding ortho intramolecular Hbond substituents is 1. The number of hydrogen-bond donors (Lipinski definition) is 1. The van der Waals surface area contributed by atoms with Gasteiger partial charge in [-0.25, -0.2) is 0 Å². The van der Waals surface area contributed by atoms with E-state index in [-0.39, 0.29) is 43.4 Å². The lowest BCUT2D eigenvalue weighted by molar-refractivity contribution is 0.0276. The summed E-state index contributed by atoms with van der Waals surface area (Å²) in [6, 6.07) is 9.35. The fraction of sp³-hybridized carbons (Fsp3) is 0.400. The van der Waals surface area contributed by atoms with Crippen LogP contribution in [0.15, 0.2) is 30.3 Å². The normalized spacial score (nSPS) is 28.5. The summed E-state index contributed by atoms with van der Waals surface area (Å²) >= 11 is 0. The largest absolute Gasteiger partial charge is 0.507 e. The summed E-state index contributed by atoms with van der Waals surface area (Å²) in [5.41, 5.74) is 1.79. The molecule has 4 unspecified atom stereocenters. The summed E-state index contributed by atoms with van der Waals surface area (Å²) in [6.45, 7) is 4.75. The van der Waals surface area contributed by atoms with Crippen molar-refractivity contribution in [2.45, 2.75) is 26.1 Å². The third-order valence-corrected chi connectivity index (χ3v) is 5.63. The maximum Gasteiger partial charge on any atom is 0.231 e. The van der Waals surface area contributed by atoms with E-state index in [0.29, 0.717) is 11.5 Å². The summed E-state index contributed by atoms with van der Waals surface area (Å²) in [7, 11) is 0. The van der Waals surface area contributed by atoms with Crippen LogP contribution in [0.5, 0.6) is 28.7 Å². The molecule has 3 heterocycles. The van der Waals surface area contributed by atoms with Gasteiger partial charge in [0.05, 0.1) is 12.2 Å². The summed E-state index contributed by atoms with van der Waals surface area (Å²) in [4.78, 5) is 0. The van der Waals surface area contributed by atoms with E-state index in [4.69, 9.17) is 23.7 Å². The first-order valence-electron chi connectivity index (χ1n) is 8.79. The monoisotopic (exact) mass is 356 g/mol. The molecule has 0 radical (unpaired) electrons. The van der Waals surface area contributed by atoms with Crippen molar-refractivity contribution in [1.82, 2.24) is 0 Å². The van der Waals surface area contributed by atoms with Gasteiger partial charge in [-0.2, -0.15) is 0 Å². The van der Waals surface area contributed by atoms with Crippen molar-refractivity contribution in [3.8, 4) is 28.7 Å². The van der Waals surface area contributed by atoms with Gasteiger partial charge in [0.2, 0.25) is 13.6 Å². The number of benzene rings is 2. The number of fused-ring (bicyclic) bond motifs is 2. The number of aromatic hydroxyl groups is 1. The highest BCUT2D eigenvalue weighted by Gasteiger charge is 2.42. The van der Waals surface area contributed by atoms with Gasteiger partial charge >= 0.3 is 0 Å². The van der Waals surface area contributed by atoms with Crippen molar-refractivity contribution < 1.29 is 28.8 Å². The fourth-order valence-electron chi connectivity index (χ4n) is 3.96. The van der Waals surface area contributed by atoms with E-state index in [2.05, 4.69) is 13.8 Å². The Balaban J connectivity index is 1.47. The van der Waals surface area contributed by atoms with E-state index < -0.39 is 0 Å². The molecule has 136 valence electrons. The van der Waals surface area contributed by atoms with Crippen LogP contribution in [0.2, 0.25) is 0 Å². The van der Waals surface area contributed by atoms with E-state index in [9.17, 15) is 5.11 Å². The van der Waals surface area contributed by atoms with Crippen molar-refractivity contribution >= 4 is 0 Å². The summed E-state index contributed by atoms with van der Waals surface area (Å²) in [6.07, 6.45) is -0.316. The average Bonchev–Trinajstić information content (AvgIpc) is 3.34. The van der Waals surface area contributed by atoms with Gasteiger partial charge in [-0.1, -0.05) is 19.9 Å². The van der Waals surface area contributed by atoms with E-state index in [1.807, 2.05) is 24.3 Å². The molecule has 26 heavy (non-hydrogen) atoms. The van der Waals surface area contributed by atoms with Gasteiger partial charge in [-0.3, -0.25) is 0 Å². The molecule has 2 aromatic carbocycles. The van der Waals surface area contributed by atoms with E-state index in [0.717, 1.165) is 22.6 Å². The van der Waals surface area contributed by atoms with Crippen molar-refractivity contribution in [1.29, 1.82) is 0 Å². The van der Waals surface area contributed by atoms with Gasteiger partial charge in [0.15, 0.2) is 23.0 Å². The molecule has 0 spiro atoms. The third kappa shape index (κ3) is 2.29. The minimum Gasteiger partial charge on any atom is -0.507 e. The van der Waals surface area contributed by atoms with Crippen molar-refractivity contribution in [2.24, 2.45) is 11.8 Å². The summed E-state index contributed by atoms with van der Waals surface area (Å²) in [5, 5.41) is 10.5. The second kappa shape index (κ2) is 5.71. The Kier molecular flexibility index (Phi) is 3.43. The van der Waals surface area contributed by atoms with Gasteiger partial charge < -0.3 is 28.8 Å². The van der Waals surface area contributed by atoms with Crippen LogP contribution in [0, 0.1) is 11.8 Å². The molecule has 2 aromatic rings. The Morgan fingerprint density at radius 2 is 1.38 bits per heavy atom. The predicted octanol–water partition coefficient (Wildman–Crippen LogP) is 3.93. The van der Waals surface area contributed by atoms with Gasteiger partial charge in [-0.15, -0.1) is 0 Å². The Labute approximate surface area is 151 Å². The Hall–Kier alpha value is -2.60. The predicted molar refractivity (Wildman–Crippen MR) is 91.7 cm³/mol. The molecule has 1 fully saturated rings. The number of hydrogen-bond acceptors (Lipinski definition) is 6. The van der Waals surface area contributed by atoms with Crippen molar-refractivity contribution in [3.05, 3.63) is 41.5 Å². The lowest BCUT2D eigenvalue weighted by atomic mass is 9.85. The topological polar surface area (TPSA) is 66.4 Å². The molecule has 0 aromatic heterocycles. The first kappa shape index (κ1) is 15.6. The lowest BCUT2D eigenvalue weighted by Gasteiger charge is -2.18. The zero-order valence-electron chi connectivity index (χ0n) is 14.6. The van der Waals surface area contributed by atoms with Crippen LogP contribution in [0.1, 0.15) is 37.2 Å². The zero-order valence-corrected chi connectivity index (χ0v) is 14.6. The smallest absolute Gasteiger partial charge is 0.231 e. The minimum atomic E-state index is -0.227. The minimum absolute atomic E-state index is 0.0886. The Morgan fingerprint density at radius 1 is 0.769 bits per heavy atom. The van der Waals surface area contributed by atoms with E-state index >= 15 is 0 Å². The molecule has 3 aliphatic heterocycles. The molecule has 6 nitrogen and oxygen atoms in total. The molecule has 3 aliphatic rings. The van der Waals surface area contributed by atoms with Crippen LogP contribution in [-0.4, -0.2) is 18.7 Å². The molecule has 6 heteroatoms. The van der Waals surface area contributed by atoms with Crippen LogP contribution in [0.4, 0.5) is 0 Å². The highest BCUT2D eigenvalue weighted by Crippen LogP contribution is 2.53. The first-order chi connectivity index (χ1) is 12.6. The maximum atomic E-state index is 10.5. The molecule has 0 bridgehead atoms. The summed E-state index contributed by atoms with van der Waals surface area (Å²) in [5.74, 6) is 3.38. The second-order valence-corrected chi connectivity index (χ2v) is 7.07. The molecule has 0 amide bonds. The average molecular weight is 356 g/mol. The maximum absolute atomic E-state index is 10.5. The second-order valence-electron chi connectivity index (χ2n) is 7.07. The van der Waals surface area contributed by atoms with Crippen LogP contribution in [-0.2, 0) is 4.74 Å². The van der Waals surface area contributed by atoms with Crippen molar-refractivity contribution in [3.63, 3.8) is 0 Å². The third-order valence-electron chi connectivity index (χ3n) is 5.63. The van der Waals surface area contributed by atoms with Gasteiger partial charge in [0, 0.05) is 11.6 Å². The molecule has 1 N–H and O–H groups in total. The summed E-state index contributed by atoms with van der Waals surface area (Å²) < 4.78 is 28.1. The highest BCUT2D eigenvalue weighted by atomic mass is 16.7. The van der Waals surface area contributed by atoms with Gasteiger partial charge in [0.1, 0.15) is 5.75 Å². The molecule has 5 rings (SSSR count). The van der Waals surface area contributed by atoms with E-state index in [1.54, 1.807) is 6.07 Å². The Bertz CT molecular complexity index is 864. The van der Waals surface area contributed by atoms with Crippen LogP contribution in [0.25, 0.3) is 0 Å². The van der Waals surface area contributed by atoms with Crippen LogP contribution < -0.4 is 18.9 Å². The van der Waals surface area contributed by atoms with Gasteiger partial charge in [-0.05, 0) is 35.6 Å². The zero-order chi connectivity index (χ0) is 17.8. The standard InChI is InChI=1S/C20H20O6/c1-10-11(2)20(13-6-17-18(7-14(13)21)25-9-24-17)26-19(10)12-3-4-15-16(5-12)23-8-22-15/h3-7,10-11,19-21H,8-9H2,1-2H3. The fourth-order valence-corrected chi connectivity index (χ4v) is 3.96. The number of rotatable bonds is 2. The molecular formula is C20H20O6. The highest BCUT2D eigenvalue weighted by molar-refractivity contribution is 5.52. The Morgan fingerprint density at radius 3 is 2.15 bits per heavy atom. The molecule has 0 saturated carbocycles. The SMILES string of the molecule is CC1C(c2ccc3c(c2)OCO3)OC(c2cc3c(cc2O)OCO3)C1C. The van der Waals surface area contributed by atoms with E-state index in [1.165, 1.54) is 0 Å². The number of phenols is 1. The number of ether oxygens (including phenoxy) is 5. The first-order valence-corrected chi connectivity index (χ1v) is 8.79. The van der Waals surface area contributed by atoms with Gasteiger partial charge in [0.25, 0.3) is 0 Å². The van der Waals surface area contributed by atoms with Crippen molar-refractivity contribution in [2.75, 3.05) is 13.6 Å². The molecule has 0 aliphatic carbocycles. The lowest BCUT2D eigenvalue weighted by Crippen LogP contribution is -2.10.